The molecule has 1 rings (SSSR count). The molecule has 0 radical (unpaired) electrons. The van der Waals surface area contributed by atoms with Crippen LogP contribution in [0, 0.1) is 0 Å². The zero-order chi connectivity index (χ0) is 13.4. The minimum absolute atomic E-state index is 0.578. The number of likely N-dealkylation sites (N-methyl/N-ethyl adjacent to an activating group) is 1. The van der Waals surface area contributed by atoms with Crippen LogP contribution in [-0.4, -0.2) is 37.7 Å². The summed E-state index contributed by atoms with van der Waals surface area (Å²) in [5, 5.41) is 3.15. The lowest BCUT2D eigenvalue weighted by Crippen LogP contribution is -2.34. The Morgan fingerprint density at radius 3 is 2.72 bits per heavy atom. The molecule has 0 aromatic heterocycles. The van der Waals surface area contributed by atoms with Gasteiger partial charge in [-0.05, 0) is 45.1 Å². The maximum atomic E-state index is 5.81. The maximum Gasteiger partial charge on any atom is 0.119 e. The van der Waals surface area contributed by atoms with Crippen LogP contribution < -0.4 is 10.1 Å². The molecule has 18 heavy (non-hydrogen) atoms. The molecule has 0 aliphatic rings. The van der Waals surface area contributed by atoms with E-state index in [-0.39, 0.29) is 0 Å². The molecule has 0 amide bonds. The Morgan fingerprint density at radius 2 is 2.11 bits per heavy atom. The summed E-state index contributed by atoms with van der Waals surface area (Å²) >= 11 is 0. The third kappa shape index (κ3) is 5.07. The largest absolute Gasteiger partial charge is 0.492 e. The van der Waals surface area contributed by atoms with Crippen molar-refractivity contribution in [2.45, 2.75) is 33.4 Å². The van der Waals surface area contributed by atoms with Crippen molar-refractivity contribution in [3.8, 4) is 5.75 Å². The number of rotatable bonds is 8. The Bertz CT molecular complexity index is 339. The van der Waals surface area contributed by atoms with E-state index in [0.29, 0.717) is 6.04 Å². The van der Waals surface area contributed by atoms with Gasteiger partial charge in [-0.3, -0.25) is 4.90 Å². The van der Waals surface area contributed by atoms with E-state index in [9.17, 15) is 0 Å². The number of hydrogen-bond donors (Lipinski definition) is 1. The molecular weight excluding hydrogens is 224 g/mol. The van der Waals surface area contributed by atoms with Crippen LogP contribution >= 0.6 is 0 Å². The third-order valence-electron chi connectivity index (χ3n) is 3.06. The fourth-order valence-electron chi connectivity index (χ4n) is 2.01. The molecule has 1 aromatic carbocycles. The molecule has 0 heterocycles. The van der Waals surface area contributed by atoms with E-state index in [0.717, 1.165) is 32.0 Å². The molecule has 0 atom stereocenters. The summed E-state index contributed by atoms with van der Waals surface area (Å²) in [5.41, 5.74) is 1.26. The molecule has 0 bridgehead atoms. The number of nitrogens with zero attached hydrogens (tertiary/aromatic N) is 1. The molecule has 0 saturated heterocycles. The smallest absolute Gasteiger partial charge is 0.119 e. The van der Waals surface area contributed by atoms with Crippen molar-refractivity contribution >= 4 is 0 Å². The Hall–Kier alpha value is -1.06. The third-order valence-corrected chi connectivity index (χ3v) is 3.06. The monoisotopic (exact) mass is 250 g/mol. The van der Waals surface area contributed by atoms with Gasteiger partial charge < -0.3 is 10.1 Å². The normalized spacial score (nSPS) is 11.2. The predicted octanol–water partition coefficient (Wildman–Crippen LogP) is 2.52. The molecule has 0 unspecified atom stereocenters. The van der Waals surface area contributed by atoms with Gasteiger partial charge in [0.2, 0.25) is 0 Å². The van der Waals surface area contributed by atoms with Crippen LogP contribution in [0.4, 0.5) is 0 Å². The van der Waals surface area contributed by atoms with Crippen molar-refractivity contribution in [3.05, 3.63) is 29.8 Å². The minimum Gasteiger partial charge on any atom is -0.492 e. The zero-order valence-electron chi connectivity index (χ0n) is 12.1. The average Bonchev–Trinajstić information content (AvgIpc) is 2.35. The highest BCUT2D eigenvalue weighted by Gasteiger charge is 2.06. The van der Waals surface area contributed by atoms with Crippen molar-refractivity contribution in [1.29, 1.82) is 0 Å². The molecule has 0 spiro atoms. The molecule has 102 valence electrons. The topological polar surface area (TPSA) is 24.5 Å². The number of nitrogens with one attached hydrogen (secondary N) is 1. The zero-order valence-corrected chi connectivity index (χ0v) is 12.1. The maximum absolute atomic E-state index is 5.81. The van der Waals surface area contributed by atoms with Gasteiger partial charge in [0.25, 0.3) is 0 Å². The molecule has 0 saturated carbocycles. The van der Waals surface area contributed by atoms with Crippen molar-refractivity contribution in [3.63, 3.8) is 0 Å². The Kier molecular flexibility index (Phi) is 6.76. The van der Waals surface area contributed by atoms with E-state index >= 15 is 0 Å². The summed E-state index contributed by atoms with van der Waals surface area (Å²) < 4.78 is 5.81. The second-order valence-corrected chi connectivity index (χ2v) is 4.75. The van der Waals surface area contributed by atoms with Crippen LogP contribution in [0.5, 0.6) is 5.75 Å². The lowest BCUT2D eigenvalue weighted by molar-refractivity contribution is 0.183. The van der Waals surface area contributed by atoms with E-state index in [4.69, 9.17) is 4.74 Å². The van der Waals surface area contributed by atoms with Gasteiger partial charge in [0.15, 0.2) is 0 Å². The molecule has 0 fully saturated rings. The predicted molar refractivity (Wildman–Crippen MR) is 77.1 cm³/mol. The number of ether oxygens (including phenoxy) is 1. The van der Waals surface area contributed by atoms with Crippen LogP contribution in [0.15, 0.2) is 24.3 Å². The molecule has 1 N–H and O–H groups in total. The van der Waals surface area contributed by atoms with E-state index in [1.807, 2.05) is 19.2 Å². The Labute approximate surface area is 111 Å². The minimum atomic E-state index is 0.578. The molecule has 3 nitrogen and oxygen atoms in total. The quantitative estimate of drug-likeness (QED) is 0.767. The summed E-state index contributed by atoms with van der Waals surface area (Å²) in [5.74, 6) is 0.961. The van der Waals surface area contributed by atoms with E-state index < -0.39 is 0 Å². The van der Waals surface area contributed by atoms with Gasteiger partial charge in [0.05, 0.1) is 0 Å². The van der Waals surface area contributed by atoms with Crippen molar-refractivity contribution in [2.75, 3.05) is 26.7 Å². The van der Waals surface area contributed by atoms with Crippen LogP contribution in [0.3, 0.4) is 0 Å². The fraction of sp³-hybridized carbons (Fsp3) is 0.600. The van der Waals surface area contributed by atoms with E-state index in [1.54, 1.807) is 0 Å². The summed E-state index contributed by atoms with van der Waals surface area (Å²) in [6.07, 6.45) is 0. The van der Waals surface area contributed by atoms with E-state index in [1.165, 1.54) is 5.56 Å². The standard InChI is InChI=1S/C15H26N2O/c1-5-17(13(2)3)9-10-18-15-8-6-7-14(11-15)12-16-4/h6-8,11,13,16H,5,9-10,12H2,1-4H3. The molecule has 0 aliphatic heterocycles. The van der Waals surface area contributed by atoms with Crippen LogP contribution in [0.25, 0.3) is 0 Å². The summed E-state index contributed by atoms with van der Waals surface area (Å²) in [7, 11) is 1.95. The number of hydrogen-bond acceptors (Lipinski definition) is 3. The first-order chi connectivity index (χ1) is 8.67. The second kappa shape index (κ2) is 8.11. The Balaban J connectivity index is 2.41. The van der Waals surface area contributed by atoms with Crippen LogP contribution in [0.2, 0.25) is 0 Å². The molecule has 3 heteroatoms. The van der Waals surface area contributed by atoms with Gasteiger partial charge in [0, 0.05) is 19.1 Å². The molecular formula is C15H26N2O. The van der Waals surface area contributed by atoms with Crippen LogP contribution in [-0.2, 0) is 6.54 Å². The van der Waals surface area contributed by atoms with Gasteiger partial charge in [-0.25, -0.2) is 0 Å². The second-order valence-electron chi connectivity index (χ2n) is 4.75. The van der Waals surface area contributed by atoms with Crippen molar-refractivity contribution in [1.82, 2.24) is 10.2 Å². The summed E-state index contributed by atoms with van der Waals surface area (Å²) in [6, 6.07) is 8.85. The van der Waals surface area contributed by atoms with E-state index in [2.05, 4.69) is 43.1 Å². The van der Waals surface area contributed by atoms with Crippen molar-refractivity contribution in [2.24, 2.45) is 0 Å². The first kappa shape index (κ1) is 15.0. The average molecular weight is 250 g/mol. The lowest BCUT2D eigenvalue weighted by Gasteiger charge is -2.24. The molecule has 0 aliphatic carbocycles. The molecule has 1 aromatic rings. The Morgan fingerprint density at radius 1 is 1.33 bits per heavy atom. The van der Waals surface area contributed by atoms with Crippen LogP contribution in [0.1, 0.15) is 26.3 Å². The highest BCUT2D eigenvalue weighted by Crippen LogP contribution is 2.13. The van der Waals surface area contributed by atoms with Gasteiger partial charge >= 0.3 is 0 Å². The van der Waals surface area contributed by atoms with Gasteiger partial charge in [-0.15, -0.1) is 0 Å². The first-order valence-electron chi connectivity index (χ1n) is 6.77. The lowest BCUT2D eigenvalue weighted by atomic mass is 10.2. The van der Waals surface area contributed by atoms with Crippen molar-refractivity contribution < 1.29 is 4.74 Å². The summed E-state index contributed by atoms with van der Waals surface area (Å²) in [4.78, 5) is 2.40. The van der Waals surface area contributed by atoms with Gasteiger partial charge in [-0.2, -0.15) is 0 Å². The highest BCUT2D eigenvalue weighted by atomic mass is 16.5. The summed E-state index contributed by atoms with van der Waals surface area (Å²) in [6.45, 7) is 10.3. The number of benzene rings is 1. The highest BCUT2D eigenvalue weighted by molar-refractivity contribution is 5.28. The van der Waals surface area contributed by atoms with Gasteiger partial charge in [0.1, 0.15) is 12.4 Å². The SMILES string of the molecule is CCN(CCOc1cccc(CNC)c1)C(C)C. The first-order valence-corrected chi connectivity index (χ1v) is 6.77. The van der Waals surface area contributed by atoms with Gasteiger partial charge in [-0.1, -0.05) is 19.1 Å². The fourth-order valence-corrected chi connectivity index (χ4v) is 2.01.